The van der Waals surface area contributed by atoms with E-state index in [0.717, 1.165) is 41.9 Å². The number of hydrogen-bond donors (Lipinski definition) is 3. The van der Waals surface area contributed by atoms with Crippen molar-refractivity contribution in [2.45, 2.75) is 44.9 Å². The van der Waals surface area contributed by atoms with E-state index in [0.29, 0.717) is 6.54 Å². The van der Waals surface area contributed by atoms with E-state index in [-0.39, 0.29) is 6.04 Å². The first kappa shape index (κ1) is 23.2. The van der Waals surface area contributed by atoms with E-state index in [4.69, 9.17) is 15.6 Å². The van der Waals surface area contributed by atoms with Crippen molar-refractivity contribution in [1.29, 1.82) is 0 Å². The molecular weight excluding hydrogens is 425 g/mol. The summed E-state index contributed by atoms with van der Waals surface area (Å²) in [7, 11) is 0. The highest BCUT2D eigenvalue weighted by molar-refractivity contribution is 5.73. The van der Waals surface area contributed by atoms with E-state index < -0.39 is 12.1 Å². The molecule has 1 aliphatic carbocycles. The fourth-order valence-electron chi connectivity index (χ4n) is 3.30. The van der Waals surface area contributed by atoms with E-state index in [1.807, 2.05) is 24.7 Å². The molecule has 3 heterocycles. The Morgan fingerprint density at radius 1 is 1.31 bits per heavy atom. The molecule has 4 N–H and O–H groups in total. The summed E-state index contributed by atoms with van der Waals surface area (Å²) >= 11 is 0. The zero-order valence-electron chi connectivity index (χ0n) is 17.3. The van der Waals surface area contributed by atoms with Crippen LogP contribution in [0.25, 0.3) is 5.82 Å². The monoisotopic (exact) mass is 448 g/mol. The Morgan fingerprint density at radius 3 is 2.69 bits per heavy atom. The van der Waals surface area contributed by atoms with Crippen LogP contribution in [0.4, 0.5) is 18.9 Å². The van der Waals surface area contributed by atoms with Crippen molar-refractivity contribution in [3.63, 3.8) is 0 Å². The third-order valence-corrected chi connectivity index (χ3v) is 4.86. The Morgan fingerprint density at radius 2 is 2.06 bits per heavy atom. The highest BCUT2D eigenvalue weighted by Crippen LogP contribution is 2.22. The van der Waals surface area contributed by atoms with Crippen molar-refractivity contribution in [2.75, 3.05) is 5.32 Å². The van der Waals surface area contributed by atoms with Crippen LogP contribution < -0.4 is 11.1 Å². The van der Waals surface area contributed by atoms with Gasteiger partial charge in [-0.05, 0) is 61.1 Å². The van der Waals surface area contributed by atoms with E-state index in [1.54, 1.807) is 10.9 Å². The van der Waals surface area contributed by atoms with Crippen LogP contribution in [-0.4, -0.2) is 43.0 Å². The lowest BCUT2D eigenvalue weighted by Gasteiger charge is -2.21. The van der Waals surface area contributed by atoms with E-state index >= 15 is 0 Å². The summed E-state index contributed by atoms with van der Waals surface area (Å²) in [6, 6.07) is 6.47. The van der Waals surface area contributed by atoms with Crippen LogP contribution in [0.2, 0.25) is 0 Å². The third-order valence-electron chi connectivity index (χ3n) is 4.86. The summed E-state index contributed by atoms with van der Waals surface area (Å²) in [4.78, 5) is 18.0. The Kier molecular flexibility index (Phi) is 7.08. The van der Waals surface area contributed by atoms with Crippen molar-refractivity contribution in [3.8, 4) is 5.82 Å². The Balaban J connectivity index is 0.000000360. The molecule has 0 spiro atoms. The van der Waals surface area contributed by atoms with Gasteiger partial charge in [-0.15, -0.1) is 0 Å². The average Bonchev–Trinajstić information content (AvgIpc) is 3.26. The molecule has 0 aromatic carbocycles. The fourth-order valence-corrected chi connectivity index (χ4v) is 3.30. The highest BCUT2D eigenvalue weighted by atomic mass is 19.4. The number of hydrogen-bond acceptors (Lipinski definition) is 6. The van der Waals surface area contributed by atoms with Crippen LogP contribution in [0.15, 0.2) is 43.0 Å². The van der Waals surface area contributed by atoms with Crippen LogP contribution in [0.5, 0.6) is 0 Å². The maximum atomic E-state index is 10.6. The zero-order valence-corrected chi connectivity index (χ0v) is 17.3. The van der Waals surface area contributed by atoms with Gasteiger partial charge >= 0.3 is 12.1 Å². The number of nitrogens with one attached hydrogen (secondary N) is 1. The van der Waals surface area contributed by atoms with E-state index in [2.05, 4.69) is 39.4 Å². The van der Waals surface area contributed by atoms with Crippen LogP contribution in [0, 0.1) is 6.92 Å². The van der Waals surface area contributed by atoms with Crippen LogP contribution in [0.3, 0.4) is 0 Å². The van der Waals surface area contributed by atoms with Crippen LogP contribution in [0.1, 0.15) is 28.8 Å². The lowest BCUT2D eigenvalue weighted by Crippen LogP contribution is -2.28. The minimum Gasteiger partial charge on any atom is -0.475 e. The van der Waals surface area contributed by atoms with E-state index in [9.17, 15) is 13.2 Å². The van der Waals surface area contributed by atoms with Crippen molar-refractivity contribution < 1.29 is 23.1 Å². The molecule has 0 aliphatic heterocycles. The molecule has 1 unspecified atom stereocenters. The number of carbonyl (C=O) groups is 1. The normalized spacial score (nSPS) is 15.3. The first-order chi connectivity index (χ1) is 15.1. The van der Waals surface area contributed by atoms with Crippen molar-refractivity contribution in [3.05, 3.63) is 65.4 Å². The van der Waals surface area contributed by atoms with Gasteiger partial charge in [0.1, 0.15) is 0 Å². The van der Waals surface area contributed by atoms with Gasteiger partial charge in [0.2, 0.25) is 0 Å². The molecule has 0 radical (unpaired) electrons. The molecular formula is C21H23F3N6O2. The first-order valence-corrected chi connectivity index (χ1v) is 9.86. The van der Waals surface area contributed by atoms with Gasteiger partial charge in [0, 0.05) is 36.9 Å². The predicted octanol–water partition coefficient (Wildman–Crippen LogP) is 3.03. The number of nitrogens with two attached hydrogens (primary N) is 1. The highest BCUT2D eigenvalue weighted by Gasteiger charge is 2.38. The topological polar surface area (TPSA) is 119 Å². The molecule has 4 rings (SSSR count). The number of halogens is 3. The van der Waals surface area contributed by atoms with Crippen molar-refractivity contribution >= 4 is 11.7 Å². The van der Waals surface area contributed by atoms with Gasteiger partial charge in [-0.25, -0.2) is 14.5 Å². The molecule has 11 heteroatoms. The number of pyridine rings is 2. The predicted molar refractivity (Wildman–Crippen MR) is 111 cm³/mol. The van der Waals surface area contributed by atoms with Crippen LogP contribution in [-0.2, 0) is 24.2 Å². The van der Waals surface area contributed by atoms with Crippen LogP contribution >= 0.6 is 0 Å². The summed E-state index contributed by atoms with van der Waals surface area (Å²) < 4.78 is 33.5. The average molecular weight is 448 g/mol. The molecule has 1 atom stereocenters. The lowest BCUT2D eigenvalue weighted by molar-refractivity contribution is -0.192. The number of anilines is 1. The molecule has 0 fully saturated rings. The molecule has 3 aromatic rings. The Bertz CT molecular complexity index is 1070. The van der Waals surface area contributed by atoms with E-state index in [1.165, 1.54) is 11.3 Å². The zero-order chi connectivity index (χ0) is 23.3. The molecule has 3 aromatic heterocycles. The number of aliphatic carboxylic acids is 1. The molecule has 32 heavy (non-hydrogen) atoms. The van der Waals surface area contributed by atoms with Gasteiger partial charge in [-0.1, -0.05) is 0 Å². The molecule has 0 bridgehead atoms. The number of nitrogens with zero attached hydrogens (tertiary/aromatic N) is 4. The number of carboxylic acids is 1. The smallest absolute Gasteiger partial charge is 0.475 e. The molecule has 1 aliphatic rings. The number of rotatable bonds is 4. The first-order valence-electron chi connectivity index (χ1n) is 9.86. The summed E-state index contributed by atoms with van der Waals surface area (Å²) in [6.45, 7) is 2.76. The maximum absolute atomic E-state index is 10.6. The molecule has 8 nitrogen and oxygen atoms in total. The molecule has 0 amide bonds. The van der Waals surface area contributed by atoms with Gasteiger partial charge in [0.05, 0.1) is 11.9 Å². The second-order valence-electron chi connectivity index (χ2n) is 7.42. The number of carboxylic acid groups (broad SMARTS) is 1. The fraction of sp³-hybridized carbons (Fsp3) is 0.333. The summed E-state index contributed by atoms with van der Waals surface area (Å²) in [5, 5.41) is 14.8. The van der Waals surface area contributed by atoms with Gasteiger partial charge in [0.25, 0.3) is 0 Å². The summed E-state index contributed by atoms with van der Waals surface area (Å²) in [5.74, 6) is -1.90. The van der Waals surface area contributed by atoms with Crippen molar-refractivity contribution in [1.82, 2.24) is 19.7 Å². The molecule has 0 saturated heterocycles. The maximum Gasteiger partial charge on any atom is 0.490 e. The number of aromatic nitrogens is 4. The minimum absolute atomic E-state index is 0.256. The third kappa shape index (κ3) is 6.03. The number of fused-ring (bicyclic) bond motifs is 1. The summed E-state index contributed by atoms with van der Waals surface area (Å²) in [5.41, 5.74) is 11.8. The Hall–Kier alpha value is -3.47. The van der Waals surface area contributed by atoms with Gasteiger partial charge in [-0.3, -0.25) is 4.98 Å². The summed E-state index contributed by atoms with van der Waals surface area (Å²) in [6.07, 6.45) is 5.29. The molecule has 170 valence electrons. The number of aryl methyl sites for hydroxylation is 2. The molecule has 0 saturated carbocycles. The quantitative estimate of drug-likeness (QED) is 0.561. The van der Waals surface area contributed by atoms with Gasteiger partial charge < -0.3 is 16.2 Å². The standard InChI is InChI=1S/C19H22N6.C2HF3O2/c1-13-7-14(11-23-19(13)25-6-2-5-24-25)10-21-17-9-15-8-16(20)3-4-18(15)22-12-17;3-2(4,5)1(6)7/h2,5-7,9,11-12,16,21H,3-4,8,10,20H2,1H3;(H,6,7). The lowest BCUT2D eigenvalue weighted by atomic mass is 9.92. The SMILES string of the molecule is Cc1cc(CNc2cnc3c(c2)CC(N)CC3)cnc1-n1cccn1.O=C(O)C(F)(F)F. The second kappa shape index (κ2) is 9.77. The van der Waals surface area contributed by atoms with Crippen molar-refractivity contribution in [2.24, 2.45) is 5.73 Å². The van der Waals surface area contributed by atoms with Gasteiger partial charge in [0.15, 0.2) is 5.82 Å². The number of alkyl halides is 3. The largest absolute Gasteiger partial charge is 0.490 e. The van der Waals surface area contributed by atoms with Gasteiger partial charge in [-0.2, -0.15) is 18.3 Å². The minimum atomic E-state index is -5.08. The Labute approximate surface area is 182 Å². The second-order valence-corrected chi connectivity index (χ2v) is 7.42.